The molecule has 0 unspecified atom stereocenters. The second-order valence-electron chi connectivity index (χ2n) is 3.37. The van der Waals surface area contributed by atoms with Gasteiger partial charge < -0.3 is 4.90 Å². The molecule has 0 aliphatic rings. The summed E-state index contributed by atoms with van der Waals surface area (Å²) in [5.74, 6) is 0.838. The minimum Gasteiger partial charge on any atom is -0.336 e. The van der Waals surface area contributed by atoms with Crippen LogP contribution in [0.3, 0.4) is 0 Å². The van der Waals surface area contributed by atoms with E-state index in [0.717, 1.165) is 10.5 Å². The third-order valence-electron chi connectivity index (χ3n) is 2.33. The zero-order valence-electron chi connectivity index (χ0n) is 9.66. The normalized spacial score (nSPS) is 10.3. The number of carbonyl (C=O) groups excluding carboxylic acids is 1. The van der Waals surface area contributed by atoms with Crippen LogP contribution in [0, 0.1) is 0 Å². The van der Waals surface area contributed by atoms with Gasteiger partial charge in [-0.1, -0.05) is 12.1 Å². The van der Waals surface area contributed by atoms with Crippen molar-refractivity contribution in [3.05, 3.63) is 29.8 Å². The van der Waals surface area contributed by atoms with Crippen molar-refractivity contribution < 1.29 is 4.79 Å². The Bertz CT molecular complexity index is 367. The molecule has 1 aromatic rings. The number of alkyl halides is 2. The molecule has 0 radical (unpaired) electrons. The van der Waals surface area contributed by atoms with E-state index >= 15 is 0 Å². The first-order valence-corrected chi connectivity index (χ1v) is 7.58. The van der Waals surface area contributed by atoms with Crippen LogP contribution >= 0.6 is 35.0 Å². The van der Waals surface area contributed by atoms with E-state index in [0.29, 0.717) is 24.8 Å². The maximum Gasteiger partial charge on any atom is 0.255 e. The molecule has 0 aromatic heterocycles. The molecule has 0 saturated heterocycles. The number of rotatable bonds is 6. The van der Waals surface area contributed by atoms with E-state index in [-0.39, 0.29) is 5.91 Å². The smallest absolute Gasteiger partial charge is 0.255 e. The number of nitrogens with zero attached hydrogens (tertiary/aromatic N) is 1. The van der Waals surface area contributed by atoms with Crippen LogP contribution in [0.25, 0.3) is 0 Å². The van der Waals surface area contributed by atoms with Crippen LogP contribution in [0.5, 0.6) is 0 Å². The van der Waals surface area contributed by atoms with Crippen molar-refractivity contribution in [2.45, 2.75) is 4.90 Å². The van der Waals surface area contributed by atoms with Crippen molar-refractivity contribution >= 4 is 40.9 Å². The summed E-state index contributed by atoms with van der Waals surface area (Å²) in [5.41, 5.74) is 0.718. The van der Waals surface area contributed by atoms with Crippen molar-refractivity contribution in [3.63, 3.8) is 0 Å². The van der Waals surface area contributed by atoms with Gasteiger partial charge in [-0.05, 0) is 18.4 Å². The van der Waals surface area contributed by atoms with Crippen LogP contribution in [0.2, 0.25) is 0 Å². The summed E-state index contributed by atoms with van der Waals surface area (Å²) in [7, 11) is 0. The number of hydrogen-bond acceptors (Lipinski definition) is 2. The van der Waals surface area contributed by atoms with Gasteiger partial charge in [-0.15, -0.1) is 35.0 Å². The van der Waals surface area contributed by atoms with Gasteiger partial charge in [-0.25, -0.2) is 0 Å². The molecule has 1 aromatic carbocycles. The van der Waals surface area contributed by atoms with Crippen LogP contribution in [-0.4, -0.2) is 41.9 Å². The lowest BCUT2D eigenvalue weighted by atomic mass is 10.2. The van der Waals surface area contributed by atoms with Crippen LogP contribution in [0.4, 0.5) is 0 Å². The molecule has 0 fully saturated rings. The average molecular weight is 292 g/mol. The maximum absolute atomic E-state index is 12.3. The summed E-state index contributed by atoms with van der Waals surface area (Å²) < 4.78 is 0. The van der Waals surface area contributed by atoms with E-state index in [9.17, 15) is 4.79 Å². The molecule has 1 amide bonds. The summed E-state index contributed by atoms with van der Waals surface area (Å²) in [4.78, 5) is 15.0. The topological polar surface area (TPSA) is 20.3 Å². The number of halogens is 2. The summed E-state index contributed by atoms with van der Waals surface area (Å²) >= 11 is 13.0. The molecule has 0 N–H and O–H groups in total. The van der Waals surface area contributed by atoms with E-state index in [2.05, 4.69) is 0 Å². The van der Waals surface area contributed by atoms with Gasteiger partial charge in [0.15, 0.2) is 0 Å². The van der Waals surface area contributed by atoms with Crippen LogP contribution in [-0.2, 0) is 0 Å². The molecule has 2 nitrogen and oxygen atoms in total. The summed E-state index contributed by atoms with van der Waals surface area (Å²) in [6.45, 7) is 1.05. The number of hydrogen-bond donors (Lipinski definition) is 0. The Hall–Kier alpha value is -0.380. The molecular weight excluding hydrogens is 277 g/mol. The molecule has 5 heteroatoms. The molecule has 0 bridgehead atoms. The first-order valence-electron chi connectivity index (χ1n) is 5.28. The number of benzene rings is 1. The summed E-state index contributed by atoms with van der Waals surface area (Å²) in [6, 6.07) is 7.57. The van der Waals surface area contributed by atoms with Crippen LogP contribution in [0.15, 0.2) is 29.2 Å². The van der Waals surface area contributed by atoms with Crippen molar-refractivity contribution in [1.82, 2.24) is 4.90 Å². The summed E-state index contributed by atoms with van der Waals surface area (Å²) in [6.07, 6.45) is 1.96. The Balaban J connectivity index is 2.92. The highest BCUT2D eigenvalue weighted by molar-refractivity contribution is 7.98. The van der Waals surface area contributed by atoms with Gasteiger partial charge in [0, 0.05) is 29.7 Å². The SMILES string of the molecule is CSc1ccccc1C(=O)N(CCCl)CCCl. The molecule has 0 atom stereocenters. The lowest BCUT2D eigenvalue weighted by Gasteiger charge is -2.21. The molecule has 1 rings (SSSR count). The third kappa shape index (κ3) is 4.09. The minimum absolute atomic E-state index is 0.00347. The Labute approximate surface area is 116 Å². The van der Waals surface area contributed by atoms with Crippen LogP contribution < -0.4 is 0 Å². The van der Waals surface area contributed by atoms with E-state index in [1.807, 2.05) is 30.5 Å². The Morgan fingerprint density at radius 1 is 1.24 bits per heavy atom. The maximum atomic E-state index is 12.3. The van der Waals surface area contributed by atoms with Crippen molar-refractivity contribution in [3.8, 4) is 0 Å². The molecule has 0 saturated carbocycles. The van der Waals surface area contributed by atoms with E-state index in [4.69, 9.17) is 23.2 Å². The molecule has 94 valence electrons. The molecular formula is C12H15Cl2NOS. The second-order valence-corrected chi connectivity index (χ2v) is 4.97. The molecule has 0 heterocycles. The standard InChI is InChI=1S/C12H15Cl2NOS/c1-17-11-5-3-2-4-10(11)12(16)15(8-6-13)9-7-14/h2-5H,6-9H2,1H3. The number of amides is 1. The quantitative estimate of drug-likeness (QED) is 0.592. The molecule has 0 aliphatic heterocycles. The zero-order chi connectivity index (χ0) is 12.7. The third-order valence-corrected chi connectivity index (χ3v) is 3.47. The number of carbonyl (C=O) groups is 1. The van der Waals surface area contributed by atoms with E-state index < -0.39 is 0 Å². The molecule has 0 aliphatic carbocycles. The highest BCUT2D eigenvalue weighted by Crippen LogP contribution is 2.21. The van der Waals surface area contributed by atoms with E-state index in [1.165, 1.54) is 0 Å². The van der Waals surface area contributed by atoms with Crippen molar-refractivity contribution in [2.24, 2.45) is 0 Å². The van der Waals surface area contributed by atoms with Gasteiger partial charge in [0.2, 0.25) is 0 Å². The summed E-state index contributed by atoms with van der Waals surface area (Å²) in [5, 5.41) is 0. The Morgan fingerprint density at radius 3 is 2.35 bits per heavy atom. The van der Waals surface area contributed by atoms with Crippen LogP contribution in [0.1, 0.15) is 10.4 Å². The van der Waals surface area contributed by atoms with Gasteiger partial charge in [-0.2, -0.15) is 0 Å². The second kappa shape index (κ2) is 7.85. The fourth-order valence-corrected chi connectivity index (χ4v) is 2.51. The monoisotopic (exact) mass is 291 g/mol. The molecule has 0 spiro atoms. The highest BCUT2D eigenvalue weighted by atomic mass is 35.5. The van der Waals surface area contributed by atoms with Gasteiger partial charge in [0.1, 0.15) is 0 Å². The predicted octanol–water partition coefficient (Wildman–Crippen LogP) is 3.33. The average Bonchev–Trinajstić information content (AvgIpc) is 2.37. The highest BCUT2D eigenvalue weighted by Gasteiger charge is 2.17. The largest absolute Gasteiger partial charge is 0.336 e. The van der Waals surface area contributed by atoms with Gasteiger partial charge in [0.05, 0.1) is 5.56 Å². The van der Waals surface area contributed by atoms with Gasteiger partial charge in [-0.3, -0.25) is 4.79 Å². The first-order chi connectivity index (χ1) is 8.24. The van der Waals surface area contributed by atoms with Crippen molar-refractivity contribution in [1.29, 1.82) is 0 Å². The molecule has 17 heavy (non-hydrogen) atoms. The fraction of sp³-hybridized carbons (Fsp3) is 0.417. The Kier molecular flexibility index (Phi) is 6.78. The first kappa shape index (κ1) is 14.7. The van der Waals surface area contributed by atoms with E-state index in [1.54, 1.807) is 16.7 Å². The lowest BCUT2D eigenvalue weighted by molar-refractivity contribution is 0.0771. The zero-order valence-corrected chi connectivity index (χ0v) is 12.0. The lowest BCUT2D eigenvalue weighted by Crippen LogP contribution is -2.34. The Morgan fingerprint density at radius 2 is 1.82 bits per heavy atom. The predicted molar refractivity (Wildman–Crippen MR) is 75.6 cm³/mol. The fourth-order valence-electron chi connectivity index (χ4n) is 1.51. The van der Waals surface area contributed by atoms with Gasteiger partial charge >= 0.3 is 0 Å². The number of thioether (sulfide) groups is 1. The van der Waals surface area contributed by atoms with Gasteiger partial charge in [0.25, 0.3) is 5.91 Å². The van der Waals surface area contributed by atoms with Crippen molar-refractivity contribution in [2.75, 3.05) is 31.1 Å². The minimum atomic E-state index is -0.00347.